The highest BCUT2D eigenvalue weighted by Crippen LogP contribution is 2.29. The van der Waals surface area contributed by atoms with Crippen LogP contribution in [-0.2, 0) is 4.79 Å². The summed E-state index contributed by atoms with van der Waals surface area (Å²) in [4.78, 5) is 24.9. The van der Waals surface area contributed by atoms with Gasteiger partial charge in [-0.1, -0.05) is 24.3 Å². The highest BCUT2D eigenvalue weighted by Gasteiger charge is 2.31. The molecule has 3 N–H and O–H groups in total. The van der Waals surface area contributed by atoms with Crippen molar-refractivity contribution in [2.45, 2.75) is 19.9 Å². The van der Waals surface area contributed by atoms with E-state index in [1.807, 2.05) is 31.2 Å². The van der Waals surface area contributed by atoms with E-state index in [-0.39, 0.29) is 11.9 Å². The molecule has 26 heavy (non-hydrogen) atoms. The molecule has 1 aliphatic heterocycles. The van der Waals surface area contributed by atoms with Gasteiger partial charge in [-0.3, -0.25) is 4.79 Å². The molecule has 0 radical (unpaired) electrons. The zero-order valence-electron chi connectivity index (χ0n) is 14.9. The van der Waals surface area contributed by atoms with E-state index in [1.165, 1.54) is 0 Å². The van der Waals surface area contributed by atoms with Crippen LogP contribution in [-0.4, -0.2) is 19.0 Å². The maximum Gasteiger partial charge on any atom is 0.319 e. The number of carbonyl (C=O) groups is 2. The first-order chi connectivity index (χ1) is 12.5. The molecule has 0 spiro atoms. The maximum absolute atomic E-state index is 12.9. The number of amides is 3. The van der Waals surface area contributed by atoms with E-state index >= 15 is 0 Å². The first kappa shape index (κ1) is 17.5. The van der Waals surface area contributed by atoms with Crippen molar-refractivity contribution in [2.75, 3.05) is 12.4 Å². The molecule has 134 valence electrons. The van der Waals surface area contributed by atoms with Crippen LogP contribution < -0.4 is 20.7 Å². The Morgan fingerprint density at radius 1 is 1.08 bits per heavy atom. The average Bonchev–Trinajstić information content (AvgIpc) is 2.62. The van der Waals surface area contributed by atoms with Crippen molar-refractivity contribution in [3.05, 3.63) is 70.9 Å². The fraction of sp³-hybridized carbons (Fsp3) is 0.200. The molecular formula is C20H21N3O3. The van der Waals surface area contributed by atoms with Crippen LogP contribution in [0.1, 0.15) is 24.1 Å². The van der Waals surface area contributed by atoms with E-state index in [2.05, 4.69) is 16.0 Å². The summed E-state index contributed by atoms with van der Waals surface area (Å²) in [6.07, 6.45) is 0. The van der Waals surface area contributed by atoms with E-state index in [1.54, 1.807) is 38.3 Å². The first-order valence-electron chi connectivity index (χ1n) is 8.29. The van der Waals surface area contributed by atoms with E-state index in [4.69, 9.17) is 4.74 Å². The molecule has 0 saturated heterocycles. The largest absolute Gasteiger partial charge is 0.497 e. The number of aryl methyl sites for hydroxylation is 1. The lowest BCUT2D eigenvalue weighted by Crippen LogP contribution is -2.46. The smallest absolute Gasteiger partial charge is 0.319 e. The number of carbonyl (C=O) groups excluding carboxylic acids is 2. The summed E-state index contributed by atoms with van der Waals surface area (Å²) in [7, 11) is 1.59. The Morgan fingerprint density at radius 3 is 2.42 bits per heavy atom. The van der Waals surface area contributed by atoms with Gasteiger partial charge < -0.3 is 20.7 Å². The number of anilines is 1. The third-order valence-electron chi connectivity index (χ3n) is 4.36. The predicted octanol–water partition coefficient (Wildman–Crippen LogP) is 3.27. The summed E-state index contributed by atoms with van der Waals surface area (Å²) in [5.74, 6) is 0.441. The molecule has 0 unspecified atom stereocenters. The quantitative estimate of drug-likeness (QED) is 0.791. The number of nitrogens with one attached hydrogen (secondary N) is 3. The lowest BCUT2D eigenvalue weighted by molar-refractivity contribution is -0.113. The van der Waals surface area contributed by atoms with Crippen LogP contribution in [0.25, 0.3) is 0 Å². The van der Waals surface area contributed by atoms with Crippen LogP contribution in [0.4, 0.5) is 10.5 Å². The topological polar surface area (TPSA) is 79.5 Å². The molecule has 1 heterocycles. The van der Waals surface area contributed by atoms with Gasteiger partial charge in [0.25, 0.3) is 5.91 Å². The zero-order chi connectivity index (χ0) is 18.7. The van der Waals surface area contributed by atoms with Gasteiger partial charge in [-0.05, 0) is 49.2 Å². The molecule has 1 atom stereocenters. The van der Waals surface area contributed by atoms with E-state index in [0.29, 0.717) is 22.7 Å². The third kappa shape index (κ3) is 3.54. The molecule has 2 aromatic rings. The normalized spacial score (nSPS) is 16.6. The summed E-state index contributed by atoms with van der Waals surface area (Å²) >= 11 is 0. The van der Waals surface area contributed by atoms with Crippen molar-refractivity contribution >= 4 is 17.6 Å². The lowest BCUT2D eigenvalue weighted by Gasteiger charge is -2.29. The van der Waals surface area contributed by atoms with E-state index in [9.17, 15) is 9.59 Å². The Bertz CT molecular complexity index is 872. The van der Waals surface area contributed by atoms with Gasteiger partial charge in [-0.25, -0.2) is 4.79 Å². The second-order valence-corrected chi connectivity index (χ2v) is 6.11. The zero-order valence-corrected chi connectivity index (χ0v) is 14.9. The van der Waals surface area contributed by atoms with Crippen LogP contribution in [0.15, 0.2) is 59.8 Å². The van der Waals surface area contributed by atoms with E-state index in [0.717, 1.165) is 11.1 Å². The molecule has 6 nitrogen and oxygen atoms in total. The van der Waals surface area contributed by atoms with Gasteiger partial charge in [0.2, 0.25) is 0 Å². The molecule has 2 aromatic carbocycles. The molecule has 0 aromatic heterocycles. The summed E-state index contributed by atoms with van der Waals surface area (Å²) < 4.78 is 5.13. The molecule has 0 fully saturated rings. The van der Waals surface area contributed by atoms with Crippen LogP contribution in [0, 0.1) is 6.92 Å². The van der Waals surface area contributed by atoms with Gasteiger partial charge in [0.15, 0.2) is 0 Å². The number of benzene rings is 2. The van der Waals surface area contributed by atoms with Crippen LogP contribution in [0.3, 0.4) is 0 Å². The van der Waals surface area contributed by atoms with Crippen LogP contribution in [0.5, 0.6) is 5.75 Å². The number of hydrogen-bond donors (Lipinski definition) is 3. The van der Waals surface area contributed by atoms with Gasteiger partial charge >= 0.3 is 6.03 Å². The van der Waals surface area contributed by atoms with Crippen molar-refractivity contribution in [1.29, 1.82) is 0 Å². The summed E-state index contributed by atoms with van der Waals surface area (Å²) in [6, 6.07) is 13.9. The Hall–Kier alpha value is -3.28. The highest BCUT2D eigenvalue weighted by atomic mass is 16.5. The molecule has 0 saturated carbocycles. The fourth-order valence-electron chi connectivity index (χ4n) is 3.01. The first-order valence-corrected chi connectivity index (χ1v) is 8.29. The van der Waals surface area contributed by atoms with Crippen LogP contribution in [0.2, 0.25) is 0 Å². The monoisotopic (exact) mass is 351 g/mol. The molecule has 0 aliphatic carbocycles. The molecule has 3 amide bonds. The standard InChI is InChI=1S/C20H21N3O3/c1-12-6-4-5-7-16(12)18-17(13(2)21-20(25)23-18)19(24)22-14-8-10-15(26-3)11-9-14/h4-11,18H,1-3H3,(H,22,24)(H2,21,23,25)/t18-/m1/s1. The fourth-order valence-corrected chi connectivity index (χ4v) is 3.01. The summed E-state index contributed by atoms with van der Waals surface area (Å²) in [5.41, 5.74) is 3.56. The molecular weight excluding hydrogens is 330 g/mol. The minimum atomic E-state index is -0.511. The van der Waals surface area contributed by atoms with Gasteiger partial charge in [0.1, 0.15) is 5.75 Å². The van der Waals surface area contributed by atoms with Gasteiger partial charge in [-0.15, -0.1) is 0 Å². The van der Waals surface area contributed by atoms with E-state index < -0.39 is 6.04 Å². The molecule has 0 bridgehead atoms. The molecule has 3 rings (SSSR count). The van der Waals surface area contributed by atoms with Crippen molar-refractivity contribution in [1.82, 2.24) is 10.6 Å². The SMILES string of the molecule is COc1ccc(NC(=O)C2=C(C)NC(=O)N[C@@H]2c2ccccc2C)cc1. The minimum absolute atomic E-state index is 0.270. The summed E-state index contributed by atoms with van der Waals surface area (Å²) in [5, 5.41) is 8.42. The third-order valence-corrected chi connectivity index (χ3v) is 4.36. The Kier molecular flexibility index (Phi) is 4.93. The van der Waals surface area contributed by atoms with Crippen LogP contribution >= 0.6 is 0 Å². The number of ether oxygens (including phenoxy) is 1. The number of hydrogen-bond acceptors (Lipinski definition) is 3. The van der Waals surface area contributed by atoms with Crippen molar-refractivity contribution in [3.8, 4) is 5.75 Å². The Morgan fingerprint density at radius 2 is 1.77 bits per heavy atom. The maximum atomic E-state index is 12.9. The number of methoxy groups -OCH3 is 1. The predicted molar refractivity (Wildman–Crippen MR) is 99.9 cm³/mol. The second kappa shape index (κ2) is 7.31. The van der Waals surface area contributed by atoms with Crippen molar-refractivity contribution < 1.29 is 14.3 Å². The Balaban J connectivity index is 1.93. The molecule has 6 heteroatoms. The highest BCUT2D eigenvalue weighted by molar-refractivity contribution is 6.06. The second-order valence-electron chi connectivity index (χ2n) is 6.11. The van der Waals surface area contributed by atoms with Gasteiger partial charge in [-0.2, -0.15) is 0 Å². The van der Waals surface area contributed by atoms with Gasteiger partial charge in [0.05, 0.1) is 18.7 Å². The number of rotatable bonds is 4. The number of allylic oxidation sites excluding steroid dienone is 1. The number of urea groups is 1. The van der Waals surface area contributed by atoms with Gasteiger partial charge in [0, 0.05) is 11.4 Å². The van der Waals surface area contributed by atoms with Crippen molar-refractivity contribution in [2.24, 2.45) is 0 Å². The molecule has 1 aliphatic rings. The minimum Gasteiger partial charge on any atom is -0.497 e. The summed E-state index contributed by atoms with van der Waals surface area (Å²) in [6.45, 7) is 3.69. The van der Waals surface area contributed by atoms with Crippen molar-refractivity contribution in [3.63, 3.8) is 0 Å². The lowest BCUT2D eigenvalue weighted by atomic mass is 9.92. The Labute approximate surface area is 152 Å². The average molecular weight is 351 g/mol.